The zero-order valence-corrected chi connectivity index (χ0v) is 7.50. The Morgan fingerprint density at radius 2 is 2.50 bits per heavy atom. The topological polar surface area (TPSA) is 69.2 Å². The van der Waals surface area contributed by atoms with Crippen molar-refractivity contribution in [2.75, 3.05) is 0 Å². The molecule has 0 fully saturated rings. The molecule has 1 heterocycles. The predicted octanol–water partition coefficient (Wildman–Crippen LogP) is 1.55. The summed E-state index contributed by atoms with van der Waals surface area (Å²) in [6, 6.07) is 1.63. The molecule has 0 amide bonds. The van der Waals surface area contributed by atoms with Crippen molar-refractivity contribution < 1.29 is 4.92 Å². The average molecular weight is 186 g/mol. The van der Waals surface area contributed by atoms with Crippen LogP contribution in [0.2, 0.25) is 0 Å². The molecule has 4 nitrogen and oxygen atoms in total. The molecule has 0 aliphatic heterocycles. The quantitative estimate of drug-likeness (QED) is 0.575. The molecule has 0 saturated heterocycles. The second-order valence-corrected chi connectivity index (χ2v) is 3.62. The van der Waals surface area contributed by atoms with E-state index < -0.39 is 0 Å². The van der Waals surface area contributed by atoms with Crippen LogP contribution in [0.1, 0.15) is 12.5 Å². The molecule has 1 unspecified atom stereocenters. The lowest BCUT2D eigenvalue weighted by atomic mass is 10.1. The third-order valence-electron chi connectivity index (χ3n) is 1.38. The number of nitrogens with two attached hydrogens (primary N) is 1. The van der Waals surface area contributed by atoms with Crippen LogP contribution in [0, 0.1) is 10.1 Å². The summed E-state index contributed by atoms with van der Waals surface area (Å²) >= 11 is 1.14. The minimum absolute atomic E-state index is 0.0548. The molecule has 66 valence electrons. The molecule has 2 N–H and O–H groups in total. The first-order chi connectivity index (χ1) is 5.59. The van der Waals surface area contributed by atoms with Crippen LogP contribution in [0.4, 0.5) is 5.00 Å². The molecule has 1 rings (SSSR count). The molecule has 0 aliphatic carbocycles. The molecule has 1 aromatic heterocycles. The first kappa shape index (κ1) is 9.15. The van der Waals surface area contributed by atoms with E-state index in [4.69, 9.17) is 5.73 Å². The van der Waals surface area contributed by atoms with E-state index in [1.54, 1.807) is 11.4 Å². The highest BCUT2D eigenvalue weighted by Crippen LogP contribution is 2.22. The zero-order valence-electron chi connectivity index (χ0n) is 6.69. The third-order valence-corrected chi connectivity index (χ3v) is 2.31. The summed E-state index contributed by atoms with van der Waals surface area (Å²) in [7, 11) is 0. The molecule has 5 heteroatoms. The second-order valence-electron chi connectivity index (χ2n) is 2.73. The Hall–Kier alpha value is -0.940. The number of hydrogen-bond acceptors (Lipinski definition) is 4. The van der Waals surface area contributed by atoms with E-state index in [0.29, 0.717) is 6.42 Å². The molecule has 0 aliphatic rings. The SMILES string of the molecule is CC(N)Cc1csc([N+](=O)[O-])c1. The Bertz CT molecular complexity index is 283. The number of rotatable bonds is 3. The highest BCUT2D eigenvalue weighted by Gasteiger charge is 2.09. The van der Waals surface area contributed by atoms with Gasteiger partial charge < -0.3 is 5.73 Å². The maximum absolute atomic E-state index is 10.3. The van der Waals surface area contributed by atoms with Gasteiger partial charge in [-0.3, -0.25) is 10.1 Å². The van der Waals surface area contributed by atoms with Crippen molar-refractivity contribution >= 4 is 16.3 Å². The predicted molar refractivity (Wildman–Crippen MR) is 48.3 cm³/mol. The lowest BCUT2D eigenvalue weighted by Crippen LogP contribution is -2.17. The summed E-state index contributed by atoms with van der Waals surface area (Å²) in [5, 5.41) is 12.2. The molecule has 12 heavy (non-hydrogen) atoms. The largest absolute Gasteiger partial charge is 0.328 e. The number of nitro groups is 1. The van der Waals surface area contributed by atoms with Gasteiger partial charge in [-0.15, -0.1) is 0 Å². The van der Waals surface area contributed by atoms with Crippen molar-refractivity contribution in [3.8, 4) is 0 Å². The molecule has 1 atom stereocenters. The van der Waals surface area contributed by atoms with Crippen LogP contribution in [-0.4, -0.2) is 11.0 Å². The average Bonchev–Trinajstić information content (AvgIpc) is 2.34. The maximum Gasteiger partial charge on any atom is 0.324 e. The van der Waals surface area contributed by atoms with E-state index in [1.807, 2.05) is 6.92 Å². The maximum atomic E-state index is 10.3. The van der Waals surface area contributed by atoms with E-state index in [2.05, 4.69) is 0 Å². The lowest BCUT2D eigenvalue weighted by molar-refractivity contribution is -0.380. The van der Waals surface area contributed by atoms with Gasteiger partial charge in [0.25, 0.3) is 0 Å². The van der Waals surface area contributed by atoms with Crippen LogP contribution in [0.5, 0.6) is 0 Å². The Balaban J connectivity index is 2.71. The van der Waals surface area contributed by atoms with Gasteiger partial charge in [-0.25, -0.2) is 0 Å². The second kappa shape index (κ2) is 3.64. The third kappa shape index (κ3) is 2.28. The van der Waals surface area contributed by atoms with E-state index in [-0.39, 0.29) is 16.0 Å². The van der Waals surface area contributed by atoms with Crippen molar-refractivity contribution in [3.63, 3.8) is 0 Å². The summed E-state index contributed by atoms with van der Waals surface area (Å²) in [5.41, 5.74) is 6.49. The fourth-order valence-corrected chi connectivity index (χ4v) is 1.68. The molecular weight excluding hydrogens is 176 g/mol. The molecule has 0 spiro atoms. The standard InChI is InChI=1S/C7H10N2O2S/c1-5(8)2-6-3-7(9(10)11)12-4-6/h3-5H,2,8H2,1H3. The number of hydrogen-bond donors (Lipinski definition) is 1. The Labute approximate surface area is 74.2 Å². The van der Waals surface area contributed by atoms with Crippen molar-refractivity contribution in [1.29, 1.82) is 0 Å². The van der Waals surface area contributed by atoms with E-state index >= 15 is 0 Å². The van der Waals surface area contributed by atoms with Gasteiger partial charge in [0.2, 0.25) is 0 Å². The van der Waals surface area contributed by atoms with Gasteiger partial charge in [0.15, 0.2) is 0 Å². The van der Waals surface area contributed by atoms with Crippen LogP contribution < -0.4 is 5.73 Å². The minimum atomic E-state index is -0.380. The number of nitrogens with zero attached hydrogens (tertiary/aromatic N) is 1. The summed E-state index contributed by atoms with van der Waals surface area (Å²) in [4.78, 5) is 9.91. The molecule has 0 radical (unpaired) electrons. The van der Waals surface area contributed by atoms with Gasteiger partial charge in [0.1, 0.15) is 0 Å². The Morgan fingerprint density at radius 1 is 1.83 bits per heavy atom. The van der Waals surface area contributed by atoms with Crippen LogP contribution in [0.25, 0.3) is 0 Å². The van der Waals surface area contributed by atoms with Crippen LogP contribution in [0.3, 0.4) is 0 Å². The highest BCUT2D eigenvalue weighted by atomic mass is 32.1. The minimum Gasteiger partial charge on any atom is -0.328 e. The molecular formula is C7H10N2O2S. The summed E-state index contributed by atoms with van der Waals surface area (Å²) in [6.07, 6.45) is 0.699. The van der Waals surface area contributed by atoms with Gasteiger partial charge in [-0.2, -0.15) is 0 Å². The van der Waals surface area contributed by atoms with Gasteiger partial charge >= 0.3 is 5.00 Å². The first-order valence-electron chi connectivity index (χ1n) is 3.57. The fourth-order valence-electron chi connectivity index (χ4n) is 0.937. The summed E-state index contributed by atoms with van der Waals surface area (Å²) < 4.78 is 0. The first-order valence-corrected chi connectivity index (χ1v) is 4.45. The Morgan fingerprint density at radius 3 is 2.92 bits per heavy atom. The van der Waals surface area contributed by atoms with Crippen molar-refractivity contribution in [2.45, 2.75) is 19.4 Å². The summed E-state index contributed by atoms with van der Waals surface area (Å²) in [6.45, 7) is 1.88. The number of thiophene rings is 1. The van der Waals surface area contributed by atoms with Gasteiger partial charge in [-0.05, 0) is 18.9 Å². The molecule has 0 saturated carbocycles. The van der Waals surface area contributed by atoms with Gasteiger partial charge in [-0.1, -0.05) is 11.3 Å². The summed E-state index contributed by atoms with van der Waals surface area (Å²) in [5.74, 6) is 0. The van der Waals surface area contributed by atoms with E-state index in [9.17, 15) is 10.1 Å². The van der Waals surface area contributed by atoms with Gasteiger partial charge in [0.05, 0.1) is 4.92 Å². The van der Waals surface area contributed by atoms with Crippen molar-refractivity contribution in [2.24, 2.45) is 5.73 Å². The van der Waals surface area contributed by atoms with Gasteiger partial charge in [0, 0.05) is 17.5 Å². The molecule has 1 aromatic rings. The van der Waals surface area contributed by atoms with Crippen LogP contribution >= 0.6 is 11.3 Å². The van der Waals surface area contributed by atoms with E-state index in [0.717, 1.165) is 16.9 Å². The zero-order chi connectivity index (χ0) is 9.14. The monoisotopic (exact) mass is 186 g/mol. The smallest absolute Gasteiger partial charge is 0.324 e. The van der Waals surface area contributed by atoms with Crippen LogP contribution in [0.15, 0.2) is 11.4 Å². The van der Waals surface area contributed by atoms with Crippen LogP contribution in [-0.2, 0) is 6.42 Å². The Kier molecular flexibility index (Phi) is 2.78. The van der Waals surface area contributed by atoms with Crippen molar-refractivity contribution in [3.05, 3.63) is 27.1 Å². The highest BCUT2D eigenvalue weighted by molar-refractivity contribution is 7.13. The van der Waals surface area contributed by atoms with E-state index in [1.165, 1.54) is 0 Å². The molecule has 0 aromatic carbocycles. The lowest BCUT2D eigenvalue weighted by Gasteiger charge is -1.99. The normalized spacial score (nSPS) is 12.8. The fraction of sp³-hybridized carbons (Fsp3) is 0.429. The molecule has 0 bridgehead atoms. The van der Waals surface area contributed by atoms with Crippen molar-refractivity contribution in [1.82, 2.24) is 0 Å².